The molecule has 0 bridgehead atoms. The molecule has 21 heavy (non-hydrogen) atoms. The molecule has 0 unspecified atom stereocenters. The van der Waals surface area contributed by atoms with Crippen molar-refractivity contribution in [3.63, 3.8) is 0 Å². The maximum Gasteiger partial charge on any atom is 0.319 e. The number of halogens is 1. The lowest BCUT2D eigenvalue weighted by Gasteiger charge is -2.19. The second-order valence-corrected chi connectivity index (χ2v) is 5.49. The number of hydrogen-bond acceptors (Lipinski definition) is 5. The standard InChI is InChI=1S/C13H17ClN2O4S/c1-20-11-4-3-8(7-9(11)14)15-13(19)16-10(12(17)18)5-6-21-2/h3-4,7,10H,5-6H2,1-2H3,(H,17,18)(H2,15,16,19)/p-1/t10-/m0/s1. The number of thioether (sulfide) groups is 1. The largest absolute Gasteiger partial charge is 0.548 e. The molecule has 0 spiro atoms. The summed E-state index contributed by atoms with van der Waals surface area (Å²) in [5.74, 6) is -0.227. The van der Waals surface area contributed by atoms with Crippen molar-refractivity contribution in [3.8, 4) is 5.75 Å². The molecule has 6 nitrogen and oxygen atoms in total. The zero-order valence-corrected chi connectivity index (χ0v) is 13.2. The molecule has 0 aliphatic carbocycles. The fourth-order valence-electron chi connectivity index (χ4n) is 1.55. The fourth-order valence-corrected chi connectivity index (χ4v) is 2.28. The van der Waals surface area contributed by atoms with Crippen LogP contribution in [0.3, 0.4) is 0 Å². The van der Waals surface area contributed by atoms with Gasteiger partial charge in [-0.3, -0.25) is 0 Å². The molecule has 2 amide bonds. The number of methoxy groups -OCH3 is 1. The summed E-state index contributed by atoms with van der Waals surface area (Å²) in [6, 6.07) is 3.04. The Balaban J connectivity index is 2.63. The molecule has 0 aliphatic heterocycles. The molecule has 0 aromatic heterocycles. The first-order valence-electron chi connectivity index (χ1n) is 6.08. The van der Waals surface area contributed by atoms with Crippen molar-refractivity contribution in [1.29, 1.82) is 0 Å². The van der Waals surface area contributed by atoms with Crippen molar-refractivity contribution in [2.75, 3.05) is 24.4 Å². The van der Waals surface area contributed by atoms with Crippen LogP contribution in [0.4, 0.5) is 10.5 Å². The number of hydrogen-bond donors (Lipinski definition) is 2. The molecule has 1 aromatic rings. The number of carboxylic acids is 1. The van der Waals surface area contributed by atoms with Gasteiger partial charge in [0, 0.05) is 5.69 Å². The van der Waals surface area contributed by atoms with Crippen LogP contribution in [0.25, 0.3) is 0 Å². The minimum Gasteiger partial charge on any atom is -0.548 e. The van der Waals surface area contributed by atoms with Crippen LogP contribution >= 0.6 is 23.4 Å². The number of rotatable bonds is 7. The molecule has 0 saturated carbocycles. The lowest BCUT2D eigenvalue weighted by atomic mass is 10.2. The Hall–Kier alpha value is -1.60. The summed E-state index contributed by atoms with van der Waals surface area (Å²) < 4.78 is 5.00. The molecule has 0 radical (unpaired) electrons. The van der Waals surface area contributed by atoms with Gasteiger partial charge >= 0.3 is 6.03 Å². The van der Waals surface area contributed by atoms with Crippen molar-refractivity contribution < 1.29 is 19.4 Å². The van der Waals surface area contributed by atoms with E-state index < -0.39 is 18.0 Å². The Morgan fingerprint density at radius 1 is 1.48 bits per heavy atom. The van der Waals surface area contributed by atoms with Gasteiger partial charge in [0.2, 0.25) is 0 Å². The number of carbonyl (C=O) groups excluding carboxylic acids is 2. The van der Waals surface area contributed by atoms with E-state index in [4.69, 9.17) is 16.3 Å². The van der Waals surface area contributed by atoms with Gasteiger partial charge in [-0.15, -0.1) is 0 Å². The second kappa shape index (κ2) is 8.63. The first kappa shape index (κ1) is 17.5. The van der Waals surface area contributed by atoms with E-state index in [0.717, 1.165) is 0 Å². The summed E-state index contributed by atoms with van der Waals surface area (Å²) in [4.78, 5) is 22.7. The average molecular weight is 332 g/mol. The topological polar surface area (TPSA) is 90.5 Å². The van der Waals surface area contributed by atoms with Gasteiger partial charge in [0.15, 0.2) is 0 Å². The Bertz CT molecular complexity index is 513. The lowest BCUT2D eigenvalue weighted by molar-refractivity contribution is -0.308. The van der Waals surface area contributed by atoms with Gasteiger partial charge in [0.1, 0.15) is 5.75 Å². The Morgan fingerprint density at radius 2 is 2.19 bits per heavy atom. The highest BCUT2D eigenvalue weighted by Gasteiger charge is 2.13. The molecule has 0 fully saturated rings. The van der Waals surface area contributed by atoms with Crippen LogP contribution in [0, 0.1) is 0 Å². The minimum absolute atomic E-state index is 0.292. The number of urea groups is 1. The normalized spacial score (nSPS) is 11.6. The molecule has 8 heteroatoms. The molecule has 0 saturated heterocycles. The summed E-state index contributed by atoms with van der Waals surface area (Å²) in [6.07, 6.45) is 2.14. The first-order valence-corrected chi connectivity index (χ1v) is 7.86. The van der Waals surface area contributed by atoms with E-state index in [9.17, 15) is 14.7 Å². The van der Waals surface area contributed by atoms with Crippen LogP contribution in [0.2, 0.25) is 5.02 Å². The maximum absolute atomic E-state index is 11.8. The molecule has 0 heterocycles. The van der Waals surface area contributed by atoms with Crippen LogP contribution in [0.5, 0.6) is 5.75 Å². The predicted octanol–water partition coefficient (Wildman–Crippen LogP) is 1.34. The third-order valence-electron chi connectivity index (χ3n) is 2.61. The minimum atomic E-state index is -1.31. The number of ether oxygens (including phenoxy) is 1. The lowest BCUT2D eigenvalue weighted by Crippen LogP contribution is -2.49. The Labute approximate surface area is 132 Å². The highest BCUT2D eigenvalue weighted by Crippen LogP contribution is 2.27. The van der Waals surface area contributed by atoms with Gasteiger partial charge in [-0.2, -0.15) is 11.8 Å². The van der Waals surface area contributed by atoms with Crippen LogP contribution in [0.15, 0.2) is 18.2 Å². The van der Waals surface area contributed by atoms with E-state index in [-0.39, 0.29) is 0 Å². The van der Waals surface area contributed by atoms with Gasteiger partial charge in [-0.05, 0) is 36.6 Å². The molecular formula is C13H16ClN2O4S-. The van der Waals surface area contributed by atoms with E-state index >= 15 is 0 Å². The third kappa shape index (κ3) is 5.73. The van der Waals surface area contributed by atoms with Crippen molar-refractivity contribution in [3.05, 3.63) is 23.2 Å². The van der Waals surface area contributed by atoms with E-state index in [1.807, 2.05) is 6.26 Å². The molecule has 1 atom stereocenters. The van der Waals surface area contributed by atoms with Crippen molar-refractivity contribution in [2.24, 2.45) is 0 Å². The maximum atomic E-state index is 11.8. The van der Waals surface area contributed by atoms with Crippen molar-refractivity contribution in [1.82, 2.24) is 5.32 Å². The number of aliphatic carboxylic acids is 1. The van der Waals surface area contributed by atoms with E-state index in [1.165, 1.54) is 24.9 Å². The molecule has 0 aliphatic rings. The summed E-state index contributed by atoms with van der Waals surface area (Å²) in [5, 5.41) is 16.1. The number of anilines is 1. The van der Waals surface area contributed by atoms with Crippen LogP contribution in [-0.2, 0) is 4.79 Å². The van der Waals surface area contributed by atoms with Crippen molar-refractivity contribution >= 4 is 41.1 Å². The number of carboxylic acid groups (broad SMARTS) is 1. The Kier molecular flexibility index (Phi) is 7.18. The van der Waals surface area contributed by atoms with Gasteiger partial charge in [0.25, 0.3) is 0 Å². The molecule has 116 valence electrons. The van der Waals surface area contributed by atoms with Gasteiger partial charge in [-0.1, -0.05) is 11.6 Å². The zero-order valence-electron chi connectivity index (χ0n) is 11.6. The average Bonchev–Trinajstić information content (AvgIpc) is 2.43. The second-order valence-electron chi connectivity index (χ2n) is 4.10. The van der Waals surface area contributed by atoms with Crippen LogP contribution < -0.4 is 20.5 Å². The smallest absolute Gasteiger partial charge is 0.319 e. The van der Waals surface area contributed by atoms with Gasteiger partial charge in [0.05, 0.1) is 24.1 Å². The highest BCUT2D eigenvalue weighted by atomic mass is 35.5. The summed E-state index contributed by atoms with van der Waals surface area (Å²) in [6.45, 7) is 0. The first-order chi connectivity index (χ1) is 9.97. The van der Waals surface area contributed by atoms with E-state index in [0.29, 0.717) is 28.6 Å². The van der Waals surface area contributed by atoms with Crippen LogP contribution in [0.1, 0.15) is 6.42 Å². The van der Waals surface area contributed by atoms with Gasteiger partial charge < -0.3 is 25.3 Å². The van der Waals surface area contributed by atoms with E-state index in [2.05, 4.69) is 10.6 Å². The summed E-state index contributed by atoms with van der Waals surface area (Å²) >= 11 is 7.42. The SMILES string of the molecule is COc1ccc(NC(=O)N[C@@H](CCSC)C(=O)[O-])cc1Cl. The summed E-state index contributed by atoms with van der Waals surface area (Å²) in [5.41, 5.74) is 0.431. The number of amides is 2. The number of nitrogens with one attached hydrogen (secondary N) is 2. The van der Waals surface area contributed by atoms with Gasteiger partial charge in [-0.25, -0.2) is 4.79 Å². The predicted molar refractivity (Wildman–Crippen MR) is 82.0 cm³/mol. The fraction of sp³-hybridized carbons (Fsp3) is 0.385. The summed E-state index contributed by atoms with van der Waals surface area (Å²) in [7, 11) is 1.48. The molecular weight excluding hydrogens is 316 g/mol. The molecule has 2 N–H and O–H groups in total. The van der Waals surface area contributed by atoms with Crippen LogP contribution in [-0.4, -0.2) is 37.2 Å². The van der Waals surface area contributed by atoms with Crippen molar-refractivity contribution in [2.45, 2.75) is 12.5 Å². The molecule has 1 rings (SSSR count). The quantitative estimate of drug-likeness (QED) is 0.787. The zero-order chi connectivity index (χ0) is 15.8. The highest BCUT2D eigenvalue weighted by molar-refractivity contribution is 7.98. The third-order valence-corrected chi connectivity index (χ3v) is 3.55. The molecule has 1 aromatic carbocycles. The Morgan fingerprint density at radius 3 is 2.71 bits per heavy atom. The monoisotopic (exact) mass is 331 g/mol. The number of benzene rings is 1. The number of carbonyl (C=O) groups is 2. The van der Waals surface area contributed by atoms with E-state index in [1.54, 1.807) is 12.1 Å².